The number of halogens is 1. The van der Waals surface area contributed by atoms with E-state index >= 15 is 0 Å². The van der Waals surface area contributed by atoms with Gasteiger partial charge in [-0.15, -0.1) is 0 Å². The normalized spacial score (nSPS) is 13.1. The maximum Gasteiger partial charge on any atom is 0.257 e. The topological polar surface area (TPSA) is 54.5 Å². The number of aromatic nitrogens is 1. The Kier molecular flexibility index (Phi) is 4.69. The van der Waals surface area contributed by atoms with Crippen molar-refractivity contribution in [3.63, 3.8) is 0 Å². The predicted octanol–water partition coefficient (Wildman–Crippen LogP) is 6.20. The number of thiazole rings is 1. The minimum absolute atomic E-state index is 0.264. The highest BCUT2D eigenvalue weighted by molar-refractivity contribution is 7.22. The Balaban J connectivity index is 1.26. The van der Waals surface area contributed by atoms with E-state index in [-0.39, 0.29) is 11.7 Å². The van der Waals surface area contributed by atoms with Crippen LogP contribution in [0.1, 0.15) is 15.9 Å². The molecule has 1 aliphatic rings. The lowest BCUT2D eigenvalue weighted by molar-refractivity contribution is 0.102. The van der Waals surface area contributed by atoms with Crippen molar-refractivity contribution >= 4 is 49.1 Å². The van der Waals surface area contributed by atoms with Crippen molar-refractivity contribution in [3.05, 3.63) is 95.8 Å². The van der Waals surface area contributed by atoms with E-state index in [4.69, 9.17) is 4.74 Å². The van der Waals surface area contributed by atoms with Crippen LogP contribution in [-0.4, -0.2) is 17.6 Å². The van der Waals surface area contributed by atoms with Gasteiger partial charge in [0.15, 0.2) is 11.9 Å². The monoisotopic (exact) mass is 455 g/mol. The van der Waals surface area contributed by atoms with Gasteiger partial charge in [0.1, 0.15) is 11.6 Å². The number of benzene rings is 4. The Hall–Kier alpha value is -3.97. The molecule has 2 heterocycles. The van der Waals surface area contributed by atoms with Crippen LogP contribution in [0.25, 0.3) is 21.0 Å². The molecule has 0 saturated carbocycles. The number of ether oxygens (including phenoxy) is 1. The molecule has 0 aliphatic carbocycles. The summed E-state index contributed by atoms with van der Waals surface area (Å²) in [5, 5.41) is 5.61. The zero-order valence-corrected chi connectivity index (χ0v) is 18.2. The standard InChI is InChI=1S/C26H18FN3O2S/c27-18-9-10-22-24(13-18)33-26(28-22)29-25(31)17-5-3-6-19(12-17)30-14-21-20-7-2-1-4-16(20)8-11-23(21)32-15-30/h1-13H,14-15H2,(H,28,29,31). The quantitative estimate of drug-likeness (QED) is 0.352. The smallest absolute Gasteiger partial charge is 0.257 e. The van der Waals surface area contributed by atoms with Gasteiger partial charge in [0.25, 0.3) is 5.91 Å². The number of nitrogens with one attached hydrogen (secondary N) is 1. The fourth-order valence-corrected chi connectivity index (χ4v) is 5.01. The highest BCUT2D eigenvalue weighted by Crippen LogP contribution is 2.34. The molecule has 6 rings (SSSR count). The first kappa shape index (κ1) is 19.7. The minimum atomic E-state index is -0.324. The highest BCUT2D eigenvalue weighted by Gasteiger charge is 2.21. The zero-order valence-electron chi connectivity index (χ0n) is 17.4. The number of carbonyl (C=O) groups is 1. The molecular weight excluding hydrogens is 437 g/mol. The summed E-state index contributed by atoms with van der Waals surface area (Å²) < 4.78 is 20.2. The molecule has 7 heteroatoms. The lowest BCUT2D eigenvalue weighted by atomic mass is 10.0. The van der Waals surface area contributed by atoms with Crippen LogP contribution < -0.4 is 15.0 Å². The molecule has 0 spiro atoms. The summed E-state index contributed by atoms with van der Waals surface area (Å²) >= 11 is 1.25. The molecule has 4 aromatic carbocycles. The van der Waals surface area contributed by atoms with E-state index in [0.717, 1.165) is 17.0 Å². The summed E-state index contributed by atoms with van der Waals surface area (Å²) in [6.45, 7) is 1.09. The molecule has 1 aliphatic heterocycles. The van der Waals surface area contributed by atoms with Crippen LogP contribution in [0.4, 0.5) is 15.2 Å². The Morgan fingerprint density at radius 2 is 1.94 bits per heavy atom. The average Bonchev–Trinajstić information content (AvgIpc) is 3.25. The first-order valence-electron chi connectivity index (χ1n) is 10.5. The van der Waals surface area contributed by atoms with Gasteiger partial charge in [-0.05, 0) is 53.2 Å². The number of nitrogens with zero attached hydrogens (tertiary/aromatic N) is 2. The molecule has 162 valence electrons. The Bertz CT molecular complexity index is 1530. The van der Waals surface area contributed by atoms with Crippen LogP contribution in [0.3, 0.4) is 0 Å². The van der Waals surface area contributed by atoms with E-state index in [1.807, 2.05) is 36.4 Å². The SMILES string of the molecule is O=C(Nc1nc2ccc(F)cc2s1)c1cccc(N2COc3ccc4ccccc4c3C2)c1. The van der Waals surface area contributed by atoms with Gasteiger partial charge in [-0.25, -0.2) is 9.37 Å². The number of carbonyl (C=O) groups excluding carboxylic acids is 1. The fourth-order valence-electron chi connectivity index (χ4n) is 4.13. The van der Waals surface area contributed by atoms with E-state index in [2.05, 4.69) is 33.4 Å². The van der Waals surface area contributed by atoms with E-state index < -0.39 is 0 Å². The van der Waals surface area contributed by atoms with Gasteiger partial charge in [0.2, 0.25) is 0 Å². The largest absolute Gasteiger partial charge is 0.473 e. The predicted molar refractivity (Wildman–Crippen MR) is 130 cm³/mol. The van der Waals surface area contributed by atoms with Crippen molar-refractivity contribution in [3.8, 4) is 5.75 Å². The highest BCUT2D eigenvalue weighted by atomic mass is 32.1. The van der Waals surface area contributed by atoms with Crippen molar-refractivity contribution in [1.82, 2.24) is 4.98 Å². The molecule has 5 aromatic rings. The molecule has 0 bridgehead atoms. The summed E-state index contributed by atoms with van der Waals surface area (Å²) in [4.78, 5) is 19.4. The van der Waals surface area contributed by atoms with Crippen molar-refractivity contribution in [1.29, 1.82) is 0 Å². The summed E-state index contributed by atoms with van der Waals surface area (Å²) in [5.74, 6) is 0.307. The van der Waals surface area contributed by atoms with Crippen LogP contribution in [0.15, 0.2) is 78.9 Å². The average molecular weight is 456 g/mol. The van der Waals surface area contributed by atoms with Gasteiger partial charge in [-0.2, -0.15) is 0 Å². The number of amides is 1. The van der Waals surface area contributed by atoms with Gasteiger partial charge < -0.3 is 9.64 Å². The summed E-state index contributed by atoms with van der Waals surface area (Å²) in [6, 6.07) is 24.2. The molecule has 1 aromatic heterocycles. The van der Waals surface area contributed by atoms with Crippen LogP contribution >= 0.6 is 11.3 Å². The van der Waals surface area contributed by atoms with Crippen LogP contribution in [0.2, 0.25) is 0 Å². The van der Waals surface area contributed by atoms with Crippen molar-refractivity contribution in [2.75, 3.05) is 16.9 Å². The third kappa shape index (κ3) is 3.66. The van der Waals surface area contributed by atoms with Crippen molar-refractivity contribution in [2.45, 2.75) is 6.54 Å². The maximum absolute atomic E-state index is 13.5. The third-order valence-corrected chi connectivity index (χ3v) is 6.70. The second-order valence-corrected chi connectivity index (χ2v) is 8.90. The van der Waals surface area contributed by atoms with Gasteiger partial charge in [0.05, 0.1) is 16.8 Å². The van der Waals surface area contributed by atoms with Gasteiger partial charge >= 0.3 is 0 Å². The van der Waals surface area contributed by atoms with E-state index in [0.29, 0.717) is 34.2 Å². The summed E-state index contributed by atoms with van der Waals surface area (Å²) in [7, 11) is 0. The molecule has 5 nitrogen and oxygen atoms in total. The van der Waals surface area contributed by atoms with Crippen LogP contribution in [-0.2, 0) is 6.54 Å². The van der Waals surface area contributed by atoms with Crippen LogP contribution in [0, 0.1) is 5.82 Å². The number of hydrogen-bond acceptors (Lipinski definition) is 5. The van der Waals surface area contributed by atoms with E-state index in [1.54, 1.807) is 12.1 Å². The van der Waals surface area contributed by atoms with Crippen molar-refractivity contribution < 1.29 is 13.9 Å². The molecule has 0 radical (unpaired) electrons. The lowest BCUT2D eigenvalue weighted by Crippen LogP contribution is -2.32. The van der Waals surface area contributed by atoms with Gasteiger partial charge in [-0.1, -0.05) is 47.7 Å². The summed E-state index contributed by atoms with van der Waals surface area (Å²) in [6.07, 6.45) is 0. The first-order chi connectivity index (χ1) is 16.1. The number of fused-ring (bicyclic) bond motifs is 4. The first-order valence-corrected chi connectivity index (χ1v) is 11.3. The molecule has 0 unspecified atom stereocenters. The Morgan fingerprint density at radius 1 is 1.03 bits per heavy atom. The molecular formula is C26H18FN3O2S. The van der Waals surface area contributed by atoms with Crippen LogP contribution in [0.5, 0.6) is 5.75 Å². The zero-order chi connectivity index (χ0) is 22.4. The second kappa shape index (κ2) is 7.86. The molecule has 0 saturated heterocycles. The molecule has 0 atom stereocenters. The van der Waals surface area contributed by atoms with Gasteiger partial charge in [0, 0.05) is 16.8 Å². The second-order valence-electron chi connectivity index (χ2n) is 7.87. The molecule has 1 amide bonds. The molecule has 33 heavy (non-hydrogen) atoms. The molecule has 0 fully saturated rings. The number of anilines is 2. The third-order valence-electron chi connectivity index (χ3n) is 5.77. The lowest BCUT2D eigenvalue weighted by Gasteiger charge is -2.31. The Labute approximate surface area is 193 Å². The molecule has 1 N–H and O–H groups in total. The number of rotatable bonds is 3. The van der Waals surface area contributed by atoms with E-state index in [1.165, 1.54) is 34.2 Å². The van der Waals surface area contributed by atoms with E-state index in [9.17, 15) is 9.18 Å². The van der Waals surface area contributed by atoms with Crippen molar-refractivity contribution in [2.24, 2.45) is 0 Å². The summed E-state index contributed by atoms with van der Waals surface area (Å²) in [5.41, 5.74) is 3.20. The maximum atomic E-state index is 13.5. The Morgan fingerprint density at radius 3 is 2.88 bits per heavy atom. The fraction of sp³-hybridized carbons (Fsp3) is 0.0769. The minimum Gasteiger partial charge on any atom is -0.473 e. The van der Waals surface area contributed by atoms with Gasteiger partial charge in [-0.3, -0.25) is 10.1 Å². The number of hydrogen-bond donors (Lipinski definition) is 1.